The second-order valence-corrected chi connectivity index (χ2v) is 9.38. The minimum Gasteiger partial charge on any atom is -0.492 e. The van der Waals surface area contributed by atoms with Crippen LogP contribution in [0.5, 0.6) is 5.75 Å². The Bertz CT molecular complexity index is 1260. The van der Waals surface area contributed by atoms with E-state index in [1.54, 1.807) is 13.0 Å². The largest absolute Gasteiger partial charge is 0.492 e. The number of carbonyl (C=O) groups excluding carboxylic acids is 1. The van der Waals surface area contributed by atoms with Gasteiger partial charge in [0.05, 0.1) is 30.4 Å². The number of aromatic nitrogens is 1. The molecule has 32 heavy (non-hydrogen) atoms. The van der Waals surface area contributed by atoms with E-state index in [0.717, 1.165) is 10.8 Å². The zero-order valence-corrected chi connectivity index (χ0v) is 18.9. The number of anilines is 1. The summed E-state index contributed by atoms with van der Waals surface area (Å²) < 4.78 is 38.3. The molecule has 1 aliphatic heterocycles. The average Bonchev–Trinajstić information content (AvgIpc) is 2.80. The fourth-order valence-electron chi connectivity index (χ4n) is 3.44. The second kappa shape index (κ2) is 9.41. The molecule has 0 radical (unpaired) electrons. The van der Waals surface area contributed by atoms with Gasteiger partial charge >= 0.3 is 0 Å². The van der Waals surface area contributed by atoms with Gasteiger partial charge in [0.1, 0.15) is 16.6 Å². The molecule has 1 fully saturated rings. The standard InChI is InChI=1S/C22H22ClN3O5S/c1-2-31-20-8-7-16(32(28,29)26-9-11-30-12-10-26)14-18(20)25-22(27)19-13-15-5-3-4-6-17(15)21(23)24-19/h3-8,13-14H,2,9-12H2,1H3,(H,25,27). The molecule has 4 rings (SSSR count). The van der Waals surface area contributed by atoms with E-state index in [1.165, 1.54) is 22.5 Å². The Morgan fingerprint density at radius 2 is 1.94 bits per heavy atom. The van der Waals surface area contributed by atoms with Gasteiger partial charge in [-0.1, -0.05) is 35.9 Å². The summed E-state index contributed by atoms with van der Waals surface area (Å²) in [6.45, 7) is 3.38. The summed E-state index contributed by atoms with van der Waals surface area (Å²) in [5.41, 5.74) is 0.342. The first-order chi connectivity index (χ1) is 15.4. The van der Waals surface area contributed by atoms with Crippen molar-refractivity contribution >= 4 is 44.0 Å². The molecule has 0 unspecified atom stereocenters. The van der Waals surface area contributed by atoms with Crippen molar-refractivity contribution in [3.05, 3.63) is 59.4 Å². The highest BCUT2D eigenvalue weighted by Gasteiger charge is 2.27. The Balaban J connectivity index is 1.67. The molecule has 0 saturated carbocycles. The summed E-state index contributed by atoms with van der Waals surface area (Å²) >= 11 is 6.25. The Hall–Kier alpha value is -2.72. The number of sulfonamides is 1. The van der Waals surface area contributed by atoms with E-state index in [0.29, 0.717) is 25.6 Å². The molecule has 10 heteroatoms. The number of nitrogens with one attached hydrogen (secondary N) is 1. The van der Waals surface area contributed by atoms with E-state index in [1.807, 2.05) is 24.3 Å². The number of carbonyl (C=O) groups is 1. The van der Waals surface area contributed by atoms with Gasteiger partial charge in [0.2, 0.25) is 10.0 Å². The third kappa shape index (κ3) is 4.56. The fourth-order valence-corrected chi connectivity index (χ4v) is 5.14. The Labute approximate surface area is 191 Å². The maximum absolute atomic E-state index is 13.0. The lowest BCUT2D eigenvalue weighted by Gasteiger charge is -2.26. The highest BCUT2D eigenvalue weighted by molar-refractivity contribution is 7.89. The van der Waals surface area contributed by atoms with Crippen molar-refractivity contribution in [2.24, 2.45) is 0 Å². The van der Waals surface area contributed by atoms with Gasteiger partial charge < -0.3 is 14.8 Å². The van der Waals surface area contributed by atoms with Crippen LogP contribution in [0, 0.1) is 0 Å². The van der Waals surface area contributed by atoms with Crippen LogP contribution in [0.15, 0.2) is 53.4 Å². The summed E-state index contributed by atoms with van der Waals surface area (Å²) in [4.78, 5) is 17.2. The number of rotatable bonds is 6. The van der Waals surface area contributed by atoms with Crippen molar-refractivity contribution in [3.8, 4) is 5.75 Å². The number of hydrogen-bond donors (Lipinski definition) is 1. The smallest absolute Gasteiger partial charge is 0.274 e. The van der Waals surface area contributed by atoms with Crippen LogP contribution in [0.3, 0.4) is 0 Å². The minimum absolute atomic E-state index is 0.0580. The number of amides is 1. The zero-order chi connectivity index (χ0) is 22.7. The first-order valence-electron chi connectivity index (χ1n) is 10.1. The molecule has 0 atom stereocenters. The van der Waals surface area contributed by atoms with Crippen molar-refractivity contribution in [2.45, 2.75) is 11.8 Å². The van der Waals surface area contributed by atoms with E-state index in [-0.39, 0.29) is 34.5 Å². The Kier molecular flexibility index (Phi) is 6.61. The first-order valence-corrected chi connectivity index (χ1v) is 11.9. The molecule has 2 heterocycles. The molecular formula is C22H22ClN3O5S. The molecule has 0 bridgehead atoms. The van der Waals surface area contributed by atoms with E-state index in [4.69, 9.17) is 21.1 Å². The van der Waals surface area contributed by atoms with Gasteiger partial charge in [-0.3, -0.25) is 4.79 Å². The maximum Gasteiger partial charge on any atom is 0.274 e. The van der Waals surface area contributed by atoms with Crippen LogP contribution in [-0.4, -0.2) is 56.5 Å². The average molecular weight is 476 g/mol. The Morgan fingerprint density at radius 1 is 1.19 bits per heavy atom. The van der Waals surface area contributed by atoms with Crippen LogP contribution in [-0.2, 0) is 14.8 Å². The lowest BCUT2D eigenvalue weighted by atomic mass is 10.1. The van der Waals surface area contributed by atoms with E-state index in [9.17, 15) is 13.2 Å². The molecule has 1 aromatic heterocycles. The van der Waals surface area contributed by atoms with Gasteiger partial charge in [-0.05, 0) is 36.6 Å². The topological polar surface area (TPSA) is 97.8 Å². The highest BCUT2D eigenvalue weighted by Crippen LogP contribution is 2.30. The number of benzene rings is 2. The van der Waals surface area contributed by atoms with Gasteiger partial charge in [0, 0.05) is 18.5 Å². The zero-order valence-electron chi connectivity index (χ0n) is 17.4. The molecule has 0 spiro atoms. The number of halogens is 1. The number of ether oxygens (including phenoxy) is 2. The third-order valence-electron chi connectivity index (χ3n) is 5.03. The molecule has 0 aliphatic carbocycles. The molecule has 3 aromatic rings. The van der Waals surface area contributed by atoms with Crippen molar-refractivity contribution in [3.63, 3.8) is 0 Å². The number of fused-ring (bicyclic) bond motifs is 1. The van der Waals surface area contributed by atoms with E-state index >= 15 is 0 Å². The van der Waals surface area contributed by atoms with Crippen LogP contribution in [0.1, 0.15) is 17.4 Å². The van der Waals surface area contributed by atoms with Crippen LogP contribution in [0.25, 0.3) is 10.8 Å². The van der Waals surface area contributed by atoms with E-state index < -0.39 is 15.9 Å². The number of hydrogen-bond acceptors (Lipinski definition) is 6. The molecule has 1 aliphatic rings. The van der Waals surface area contributed by atoms with Gasteiger partial charge in [-0.2, -0.15) is 4.31 Å². The van der Waals surface area contributed by atoms with E-state index in [2.05, 4.69) is 10.3 Å². The summed E-state index contributed by atoms with van der Waals surface area (Å²) in [5, 5.41) is 4.44. The molecular weight excluding hydrogens is 454 g/mol. The van der Waals surface area contributed by atoms with Crippen LogP contribution < -0.4 is 10.1 Å². The predicted molar refractivity (Wildman–Crippen MR) is 122 cm³/mol. The van der Waals surface area contributed by atoms with Gasteiger partial charge in [0.15, 0.2) is 0 Å². The van der Waals surface area contributed by atoms with Crippen molar-refractivity contribution < 1.29 is 22.7 Å². The molecule has 1 N–H and O–H groups in total. The third-order valence-corrected chi connectivity index (χ3v) is 7.22. The van der Waals surface area contributed by atoms with Crippen molar-refractivity contribution in [1.82, 2.24) is 9.29 Å². The van der Waals surface area contributed by atoms with Crippen LogP contribution in [0.4, 0.5) is 5.69 Å². The number of nitrogens with zero attached hydrogens (tertiary/aromatic N) is 2. The number of morpholine rings is 1. The molecule has 1 amide bonds. The quantitative estimate of drug-likeness (QED) is 0.547. The first kappa shape index (κ1) is 22.5. The monoisotopic (exact) mass is 475 g/mol. The van der Waals surface area contributed by atoms with Crippen LogP contribution >= 0.6 is 11.6 Å². The van der Waals surface area contributed by atoms with Crippen molar-refractivity contribution in [1.29, 1.82) is 0 Å². The fraction of sp³-hybridized carbons (Fsp3) is 0.273. The van der Waals surface area contributed by atoms with Crippen molar-refractivity contribution in [2.75, 3.05) is 38.2 Å². The molecule has 168 valence electrons. The van der Waals surface area contributed by atoms with Gasteiger partial charge in [0.25, 0.3) is 5.91 Å². The highest BCUT2D eigenvalue weighted by atomic mass is 35.5. The summed E-state index contributed by atoms with van der Waals surface area (Å²) in [5.74, 6) is -0.173. The summed E-state index contributed by atoms with van der Waals surface area (Å²) in [6, 6.07) is 13.4. The molecule has 1 saturated heterocycles. The maximum atomic E-state index is 13.0. The molecule has 8 nitrogen and oxygen atoms in total. The summed E-state index contributed by atoms with van der Waals surface area (Å²) in [7, 11) is -3.74. The van der Waals surface area contributed by atoms with Gasteiger partial charge in [-0.25, -0.2) is 13.4 Å². The normalized spacial score (nSPS) is 14.9. The lowest BCUT2D eigenvalue weighted by molar-refractivity contribution is 0.0730. The van der Waals surface area contributed by atoms with Crippen LogP contribution in [0.2, 0.25) is 5.15 Å². The SMILES string of the molecule is CCOc1ccc(S(=O)(=O)N2CCOCC2)cc1NC(=O)c1cc2ccccc2c(Cl)n1. The predicted octanol–water partition coefficient (Wildman–Crippen LogP) is 3.56. The second-order valence-electron chi connectivity index (χ2n) is 7.08. The summed E-state index contributed by atoms with van der Waals surface area (Å²) in [6.07, 6.45) is 0. The number of pyridine rings is 1. The Morgan fingerprint density at radius 3 is 2.69 bits per heavy atom. The van der Waals surface area contributed by atoms with Gasteiger partial charge in [-0.15, -0.1) is 0 Å². The molecule has 2 aromatic carbocycles. The lowest BCUT2D eigenvalue weighted by Crippen LogP contribution is -2.40. The minimum atomic E-state index is -3.74.